The van der Waals surface area contributed by atoms with Gasteiger partial charge in [-0.05, 0) is 65.4 Å². The van der Waals surface area contributed by atoms with Crippen LogP contribution in [0.25, 0.3) is 0 Å². The van der Waals surface area contributed by atoms with Crippen LogP contribution in [-0.2, 0) is 4.79 Å². The summed E-state index contributed by atoms with van der Waals surface area (Å²) in [7, 11) is 0. The van der Waals surface area contributed by atoms with E-state index in [1.165, 1.54) is 16.2 Å². The molecule has 1 heterocycles. The zero-order valence-corrected chi connectivity index (χ0v) is 17.0. The van der Waals surface area contributed by atoms with Crippen molar-refractivity contribution in [2.24, 2.45) is 17.6 Å². The summed E-state index contributed by atoms with van der Waals surface area (Å²) in [6, 6.07) is 0.182. The molecule has 1 aliphatic heterocycles. The van der Waals surface area contributed by atoms with Gasteiger partial charge in [0.2, 0.25) is 5.91 Å². The normalized spacial score (nSPS) is 27.5. The monoisotopic (exact) mass is 351 g/mol. The van der Waals surface area contributed by atoms with E-state index in [-0.39, 0.29) is 35.0 Å². The van der Waals surface area contributed by atoms with Gasteiger partial charge in [0.25, 0.3) is 0 Å². The van der Waals surface area contributed by atoms with Gasteiger partial charge in [0, 0.05) is 35.5 Å². The Morgan fingerprint density at radius 2 is 1.80 bits per heavy atom. The van der Waals surface area contributed by atoms with Crippen LogP contribution in [0, 0.1) is 11.8 Å². The van der Waals surface area contributed by atoms with Crippen molar-refractivity contribution < 1.29 is 10.0 Å². The molecule has 0 unspecified atom stereocenters. The van der Waals surface area contributed by atoms with Gasteiger partial charge in [0.05, 0.1) is 0 Å². The average molecular weight is 352 g/mol. The van der Waals surface area contributed by atoms with E-state index in [1.54, 1.807) is 0 Å². The molecule has 5 nitrogen and oxygen atoms in total. The third-order valence-corrected chi connectivity index (χ3v) is 5.79. The first kappa shape index (κ1) is 20.4. The molecule has 0 aromatic rings. The minimum Gasteiger partial charge on any atom is -0.353 e. The fourth-order valence-corrected chi connectivity index (χ4v) is 4.71. The number of hydroxylamine groups is 2. The van der Waals surface area contributed by atoms with Crippen LogP contribution in [0.2, 0.25) is 0 Å². The molecule has 25 heavy (non-hydrogen) atoms. The molecule has 1 fully saturated rings. The second kappa shape index (κ2) is 7.01. The average Bonchev–Trinajstić information content (AvgIpc) is 3.04. The van der Waals surface area contributed by atoms with Gasteiger partial charge in [0.15, 0.2) is 0 Å². The van der Waals surface area contributed by atoms with Gasteiger partial charge in [-0.2, -0.15) is 5.06 Å². The summed E-state index contributed by atoms with van der Waals surface area (Å²) >= 11 is 0. The highest BCUT2D eigenvalue weighted by molar-refractivity contribution is 5.78. The van der Waals surface area contributed by atoms with E-state index in [2.05, 4.69) is 26.1 Å². The molecule has 5 heteroatoms. The minimum atomic E-state index is -0.349. The Hall–Kier alpha value is -0.910. The molecular formula is C20H37N3O2. The number of piperidine rings is 1. The molecule has 0 spiro atoms. The van der Waals surface area contributed by atoms with Gasteiger partial charge in [-0.3, -0.25) is 4.79 Å². The van der Waals surface area contributed by atoms with Gasteiger partial charge in [0.1, 0.15) is 0 Å². The van der Waals surface area contributed by atoms with Crippen molar-refractivity contribution in [1.82, 2.24) is 10.4 Å². The highest BCUT2D eigenvalue weighted by atomic mass is 16.5. The molecule has 2 aliphatic rings. The van der Waals surface area contributed by atoms with Crippen molar-refractivity contribution in [2.75, 3.05) is 0 Å². The van der Waals surface area contributed by atoms with E-state index in [1.807, 2.05) is 27.7 Å². The van der Waals surface area contributed by atoms with Gasteiger partial charge >= 0.3 is 0 Å². The van der Waals surface area contributed by atoms with Crippen LogP contribution in [0.1, 0.15) is 74.1 Å². The highest BCUT2D eigenvalue weighted by Crippen LogP contribution is 2.44. The Bertz CT molecular complexity index is 533. The summed E-state index contributed by atoms with van der Waals surface area (Å²) in [5.74, 6) is 0.922. The molecular weight excluding hydrogens is 314 g/mol. The molecule has 0 aromatic heterocycles. The van der Waals surface area contributed by atoms with Crippen molar-refractivity contribution in [3.05, 3.63) is 11.1 Å². The summed E-state index contributed by atoms with van der Waals surface area (Å²) in [5, 5.41) is 15.0. The number of carbonyl (C=O) groups is 1. The van der Waals surface area contributed by atoms with Gasteiger partial charge in [-0.1, -0.05) is 19.4 Å². The molecule has 144 valence electrons. The largest absolute Gasteiger partial charge is 0.353 e. The first-order valence-electron chi connectivity index (χ1n) is 9.60. The summed E-state index contributed by atoms with van der Waals surface area (Å²) in [6.45, 7) is 14.5. The number of carbonyl (C=O) groups excluding carboxylic acids is 1. The molecule has 2 rings (SSSR count). The van der Waals surface area contributed by atoms with Gasteiger partial charge in [-0.25, -0.2) is 0 Å². The van der Waals surface area contributed by atoms with Crippen LogP contribution < -0.4 is 11.1 Å². The Labute approximate surface area is 153 Å². The first-order chi connectivity index (χ1) is 11.3. The fourth-order valence-electron chi connectivity index (χ4n) is 4.71. The Morgan fingerprint density at radius 1 is 1.28 bits per heavy atom. The summed E-state index contributed by atoms with van der Waals surface area (Å²) < 4.78 is 0. The number of nitrogens with one attached hydrogen (secondary N) is 1. The molecule has 1 saturated heterocycles. The number of allylic oxidation sites excluding steroid dienone is 1. The van der Waals surface area contributed by atoms with Crippen LogP contribution >= 0.6 is 0 Å². The Morgan fingerprint density at radius 3 is 2.28 bits per heavy atom. The number of nitrogens with zero attached hydrogens (tertiary/aromatic N) is 1. The zero-order valence-electron chi connectivity index (χ0n) is 17.0. The predicted molar refractivity (Wildman–Crippen MR) is 101 cm³/mol. The predicted octanol–water partition coefficient (Wildman–Crippen LogP) is 3.22. The van der Waals surface area contributed by atoms with Crippen molar-refractivity contribution in [3.8, 4) is 0 Å². The Balaban J connectivity index is 1.88. The minimum absolute atomic E-state index is 0.0905. The fraction of sp³-hybridized carbons (Fsp3) is 0.850. The third-order valence-electron chi connectivity index (χ3n) is 5.79. The summed E-state index contributed by atoms with van der Waals surface area (Å²) in [6.07, 6.45) is 2.97. The molecule has 0 saturated carbocycles. The molecule has 0 bridgehead atoms. The maximum atomic E-state index is 12.5. The molecule has 1 aliphatic carbocycles. The smallest absolute Gasteiger partial charge is 0.221 e. The van der Waals surface area contributed by atoms with E-state index in [0.717, 1.165) is 19.3 Å². The number of rotatable bonds is 6. The second-order valence-electron chi connectivity index (χ2n) is 9.74. The molecule has 1 amide bonds. The number of hydrogen-bond acceptors (Lipinski definition) is 4. The van der Waals surface area contributed by atoms with E-state index >= 15 is 0 Å². The quantitative estimate of drug-likeness (QED) is 0.642. The Kier molecular flexibility index (Phi) is 5.72. The highest BCUT2D eigenvalue weighted by Gasteiger charge is 2.46. The van der Waals surface area contributed by atoms with Crippen molar-refractivity contribution in [3.63, 3.8) is 0 Å². The maximum absolute atomic E-state index is 12.5. The van der Waals surface area contributed by atoms with Crippen LogP contribution in [0.15, 0.2) is 11.1 Å². The van der Waals surface area contributed by atoms with Crippen LogP contribution in [0.4, 0.5) is 0 Å². The molecule has 4 N–H and O–H groups in total. The van der Waals surface area contributed by atoms with Crippen LogP contribution in [0.5, 0.6) is 0 Å². The third kappa shape index (κ3) is 4.63. The molecule has 0 radical (unpaired) electrons. The van der Waals surface area contributed by atoms with E-state index < -0.39 is 0 Å². The SMILES string of the molecule is CC1=C([C@@H](N)CC(C)C)[C@@H]1CC(=O)NC1CC(C)(C)N(O)C(C)(C)C1. The first-order valence-corrected chi connectivity index (χ1v) is 9.60. The lowest BCUT2D eigenvalue weighted by Crippen LogP contribution is -2.62. The lowest BCUT2D eigenvalue weighted by Gasteiger charge is -2.51. The number of amides is 1. The van der Waals surface area contributed by atoms with Crippen molar-refractivity contribution >= 4 is 5.91 Å². The molecule has 0 aromatic carbocycles. The summed E-state index contributed by atoms with van der Waals surface area (Å²) in [4.78, 5) is 12.5. The lowest BCUT2D eigenvalue weighted by atomic mass is 9.79. The lowest BCUT2D eigenvalue weighted by molar-refractivity contribution is -0.246. The van der Waals surface area contributed by atoms with Crippen molar-refractivity contribution in [2.45, 2.75) is 97.3 Å². The van der Waals surface area contributed by atoms with E-state index in [4.69, 9.17) is 5.73 Å². The number of hydrogen-bond donors (Lipinski definition) is 3. The van der Waals surface area contributed by atoms with E-state index in [0.29, 0.717) is 12.3 Å². The van der Waals surface area contributed by atoms with E-state index in [9.17, 15) is 10.0 Å². The van der Waals surface area contributed by atoms with Crippen LogP contribution in [-0.4, -0.2) is 39.3 Å². The van der Waals surface area contributed by atoms with Gasteiger partial charge < -0.3 is 16.3 Å². The van der Waals surface area contributed by atoms with Crippen molar-refractivity contribution in [1.29, 1.82) is 0 Å². The standard InChI is InChI=1S/C20H37N3O2/c1-12(2)8-16(21)18-13(3)15(18)9-17(24)22-14-10-19(4,5)23(25)20(6,7)11-14/h12,14-16,25H,8-11,21H2,1-7H3,(H,22,24)/t15-,16+/m1/s1. The zero-order chi connectivity index (χ0) is 19.2. The number of nitrogens with two attached hydrogens (primary N) is 1. The van der Waals surface area contributed by atoms with Crippen LogP contribution in [0.3, 0.4) is 0 Å². The maximum Gasteiger partial charge on any atom is 0.221 e. The summed E-state index contributed by atoms with van der Waals surface area (Å²) in [5.41, 5.74) is 8.17. The molecule has 2 atom stereocenters. The second-order valence-corrected chi connectivity index (χ2v) is 9.74. The van der Waals surface area contributed by atoms with Gasteiger partial charge in [-0.15, -0.1) is 0 Å². The topological polar surface area (TPSA) is 78.6 Å².